The molecule has 0 heteroatoms. The molecule has 0 heterocycles. The fourth-order valence-electron chi connectivity index (χ4n) is 1.67. The summed E-state index contributed by atoms with van der Waals surface area (Å²) in [5.74, 6) is 0. The second-order valence-corrected chi connectivity index (χ2v) is 4.72. The van der Waals surface area contributed by atoms with Crippen LogP contribution in [0.15, 0.2) is 12.2 Å². The highest BCUT2D eigenvalue weighted by atomic mass is 14.2. The molecule has 0 fully saturated rings. The Bertz CT molecular complexity index is 131. The maximum absolute atomic E-state index is 3.92. The van der Waals surface area contributed by atoms with E-state index >= 15 is 0 Å². The van der Waals surface area contributed by atoms with Crippen molar-refractivity contribution in [3.8, 4) is 0 Å². The third kappa shape index (κ3) is 6.45. The van der Waals surface area contributed by atoms with Gasteiger partial charge in [0.25, 0.3) is 0 Å². The third-order valence-corrected chi connectivity index (χ3v) is 2.38. The third-order valence-electron chi connectivity index (χ3n) is 2.38. The molecule has 0 N–H and O–H groups in total. The predicted molar refractivity (Wildman–Crippen MR) is 57.4 cm³/mol. The monoisotopic (exact) mass is 168 g/mol. The van der Waals surface area contributed by atoms with Crippen molar-refractivity contribution >= 4 is 0 Å². The van der Waals surface area contributed by atoms with E-state index in [9.17, 15) is 0 Å². The smallest absolute Gasteiger partial charge is 0.0326 e. The summed E-state index contributed by atoms with van der Waals surface area (Å²) in [4.78, 5) is 0. The summed E-state index contributed by atoms with van der Waals surface area (Å²) in [6, 6.07) is 0. The minimum Gasteiger partial charge on any atom is -0.100 e. The first kappa shape index (κ1) is 11.7. The SMILES string of the molecule is C=C(C)CCCC(C)(C)CCC. The van der Waals surface area contributed by atoms with Crippen molar-refractivity contribution in [1.29, 1.82) is 0 Å². The zero-order chi connectivity index (χ0) is 9.61. The Balaban J connectivity index is 3.53. The predicted octanol–water partition coefficient (Wildman–Crippen LogP) is 4.56. The lowest BCUT2D eigenvalue weighted by Crippen LogP contribution is -2.10. The van der Waals surface area contributed by atoms with E-state index in [-0.39, 0.29) is 0 Å². The van der Waals surface area contributed by atoms with E-state index in [4.69, 9.17) is 0 Å². The van der Waals surface area contributed by atoms with Crippen LogP contribution in [0.2, 0.25) is 0 Å². The Labute approximate surface area is 78.1 Å². The molecule has 0 spiro atoms. The van der Waals surface area contributed by atoms with E-state index in [1.807, 2.05) is 0 Å². The molecule has 0 aromatic rings. The number of hydrogen-bond donors (Lipinski definition) is 0. The van der Waals surface area contributed by atoms with Crippen LogP contribution >= 0.6 is 0 Å². The Kier molecular flexibility index (Phi) is 5.28. The van der Waals surface area contributed by atoms with Gasteiger partial charge in [-0.2, -0.15) is 0 Å². The Morgan fingerprint density at radius 1 is 1.25 bits per heavy atom. The van der Waals surface area contributed by atoms with E-state index in [0.717, 1.165) is 0 Å². The number of rotatable bonds is 6. The van der Waals surface area contributed by atoms with Crippen molar-refractivity contribution in [3.05, 3.63) is 12.2 Å². The van der Waals surface area contributed by atoms with Crippen molar-refractivity contribution in [3.63, 3.8) is 0 Å². The summed E-state index contributed by atoms with van der Waals surface area (Å²) in [6.07, 6.45) is 6.51. The maximum atomic E-state index is 3.92. The fourth-order valence-corrected chi connectivity index (χ4v) is 1.67. The topological polar surface area (TPSA) is 0 Å². The van der Waals surface area contributed by atoms with Crippen molar-refractivity contribution < 1.29 is 0 Å². The van der Waals surface area contributed by atoms with Gasteiger partial charge in [0.15, 0.2) is 0 Å². The van der Waals surface area contributed by atoms with Gasteiger partial charge in [-0.15, -0.1) is 6.58 Å². The zero-order valence-electron chi connectivity index (χ0n) is 9.24. The van der Waals surface area contributed by atoms with E-state index in [2.05, 4.69) is 34.3 Å². The van der Waals surface area contributed by atoms with Crippen LogP contribution in [0.1, 0.15) is 59.8 Å². The molecular formula is C12H24. The molecule has 0 radical (unpaired) electrons. The molecule has 0 saturated heterocycles. The summed E-state index contributed by atoms with van der Waals surface area (Å²) in [6.45, 7) is 13.0. The van der Waals surface area contributed by atoms with Crippen molar-refractivity contribution in [2.75, 3.05) is 0 Å². The Morgan fingerprint density at radius 2 is 1.83 bits per heavy atom. The van der Waals surface area contributed by atoms with Gasteiger partial charge in [-0.1, -0.05) is 32.8 Å². The molecule has 0 bridgehead atoms. The quantitative estimate of drug-likeness (QED) is 0.510. The van der Waals surface area contributed by atoms with E-state index in [1.165, 1.54) is 37.7 Å². The van der Waals surface area contributed by atoms with Crippen molar-refractivity contribution in [2.45, 2.75) is 59.8 Å². The lowest BCUT2D eigenvalue weighted by molar-refractivity contribution is 0.296. The molecule has 0 saturated carbocycles. The van der Waals surface area contributed by atoms with Gasteiger partial charge in [-0.25, -0.2) is 0 Å². The minimum atomic E-state index is 0.546. The zero-order valence-corrected chi connectivity index (χ0v) is 9.24. The molecule has 0 aliphatic heterocycles. The summed E-state index contributed by atoms with van der Waals surface area (Å²) >= 11 is 0. The van der Waals surface area contributed by atoms with Crippen LogP contribution in [0.4, 0.5) is 0 Å². The second kappa shape index (κ2) is 5.40. The molecule has 0 aromatic carbocycles. The molecule has 12 heavy (non-hydrogen) atoms. The van der Waals surface area contributed by atoms with Gasteiger partial charge in [-0.3, -0.25) is 0 Å². The summed E-state index contributed by atoms with van der Waals surface area (Å²) in [5, 5.41) is 0. The van der Waals surface area contributed by atoms with E-state index < -0.39 is 0 Å². The largest absolute Gasteiger partial charge is 0.100 e. The fraction of sp³-hybridized carbons (Fsp3) is 0.833. The van der Waals surface area contributed by atoms with Gasteiger partial charge in [0.2, 0.25) is 0 Å². The van der Waals surface area contributed by atoms with Gasteiger partial charge in [0, 0.05) is 0 Å². The average molecular weight is 168 g/mol. The van der Waals surface area contributed by atoms with Crippen LogP contribution in [0.25, 0.3) is 0 Å². The standard InChI is InChI=1S/C12H24/c1-6-9-12(4,5)10-7-8-11(2)3/h2,6-10H2,1,3-5H3. The molecule has 0 unspecified atom stereocenters. The first-order valence-electron chi connectivity index (χ1n) is 5.12. The molecule has 0 aliphatic carbocycles. The lowest BCUT2D eigenvalue weighted by Gasteiger charge is -2.23. The molecule has 0 atom stereocenters. The summed E-state index contributed by atoms with van der Waals surface area (Å²) in [7, 11) is 0. The van der Waals surface area contributed by atoms with Crippen LogP contribution in [-0.2, 0) is 0 Å². The Hall–Kier alpha value is -0.260. The molecule has 0 amide bonds. The van der Waals surface area contributed by atoms with E-state index in [0.29, 0.717) is 5.41 Å². The first-order chi connectivity index (χ1) is 5.48. The highest BCUT2D eigenvalue weighted by Gasteiger charge is 2.15. The lowest BCUT2D eigenvalue weighted by atomic mass is 9.82. The average Bonchev–Trinajstić information content (AvgIpc) is 1.85. The maximum Gasteiger partial charge on any atom is -0.0326 e. The van der Waals surface area contributed by atoms with Crippen LogP contribution < -0.4 is 0 Å². The van der Waals surface area contributed by atoms with Gasteiger partial charge >= 0.3 is 0 Å². The number of hydrogen-bond acceptors (Lipinski definition) is 0. The van der Waals surface area contributed by atoms with Crippen LogP contribution in [0.3, 0.4) is 0 Å². The first-order valence-corrected chi connectivity index (χ1v) is 5.12. The van der Waals surface area contributed by atoms with Crippen LogP contribution in [0, 0.1) is 5.41 Å². The second-order valence-electron chi connectivity index (χ2n) is 4.72. The normalized spacial score (nSPS) is 11.7. The molecular weight excluding hydrogens is 144 g/mol. The van der Waals surface area contributed by atoms with Crippen LogP contribution in [0.5, 0.6) is 0 Å². The molecule has 0 aliphatic rings. The van der Waals surface area contributed by atoms with Crippen molar-refractivity contribution in [1.82, 2.24) is 0 Å². The van der Waals surface area contributed by atoms with Gasteiger partial charge < -0.3 is 0 Å². The Morgan fingerprint density at radius 3 is 2.25 bits per heavy atom. The summed E-state index contributed by atoms with van der Waals surface area (Å²) < 4.78 is 0. The van der Waals surface area contributed by atoms with Crippen molar-refractivity contribution in [2.24, 2.45) is 5.41 Å². The highest BCUT2D eigenvalue weighted by Crippen LogP contribution is 2.29. The molecule has 0 rings (SSSR count). The van der Waals surface area contributed by atoms with Gasteiger partial charge in [0.05, 0.1) is 0 Å². The van der Waals surface area contributed by atoms with Crippen LogP contribution in [-0.4, -0.2) is 0 Å². The molecule has 0 aromatic heterocycles. The van der Waals surface area contributed by atoms with Gasteiger partial charge in [-0.05, 0) is 38.0 Å². The van der Waals surface area contributed by atoms with E-state index in [1.54, 1.807) is 0 Å². The molecule has 72 valence electrons. The highest BCUT2D eigenvalue weighted by molar-refractivity contribution is 4.87. The number of allylic oxidation sites excluding steroid dienone is 1. The minimum absolute atomic E-state index is 0.546. The molecule has 0 nitrogen and oxygen atoms in total. The summed E-state index contributed by atoms with van der Waals surface area (Å²) in [5.41, 5.74) is 1.87. The van der Waals surface area contributed by atoms with Gasteiger partial charge in [0.1, 0.15) is 0 Å².